The van der Waals surface area contributed by atoms with Crippen LogP contribution < -0.4 is 10.5 Å². The van der Waals surface area contributed by atoms with Crippen LogP contribution in [0, 0.1) is 6.92 Å². The lowest BCUT2D eigenvalue weighted by Crippen LogP contribution is -2.36. The zero-order valence-corrected chi connectivity index (χ0v) is 13.1. The van der Waals surface area contributed by atoms with Gasteiger partial charge in [0.2, 0.25) is 10.0 Å². The Morgan fingerprint density at radius 2 is 1.81 bits per heavy atom. The summed E-state index contributed by atoms with van der Waals surface area (Å²) in [7, 11) is -3.69. The van der Waals surface area contributed by atoms with Gasteiger partial charge in [0, 0.05) is 0 Å². The van der Waals surface area contributed by atoms with E-state index in [0.717, 1.165) is 5.56 Å². The molecule has 0 saturated carbocycles. The lowest BCUT2D eigenvalue weighted by atomic mass is 10.1. The maximum atomic E-state index is 12.4. The largest absolute Gasteiger partial charge is 0.392 e. The van der Waals surface area contributed by atoms with Gasteiger partial charge in [-0.3, -0.25) is 0 Å². The van der Waals surface area contributed by atoms with Crippen LogP contribution in [0.1, 0.15) is 17.2 Å². The van der Waals surface area contributed by atoms with Crippen molar-refractivity contribution in [2.45, 2.75) is 17.9 Å². The molecule has 2 aromatic carbocycles. The highest BCUT2D eigenvalue weighted by molar-refractivity contribution is 7.89. The third-order valence-electron chi connectivity index (χ3n) is 2.99. The lowest BCUT2D eigenvalue weighted by molar-refractivity contribution is 0.577. The van der Waals surface area contributed by atoms with Crippen molar-refractivity contribution < 1.29 is 8.42 Å². The van der Waals surface area contributed by atoms with E-state index in [2.05, 4.69) is 4.72 Å². The number of benzene rings is 2. The van der Waals surface area contributed by atoms with E-state index < -0.39 is 16.1 Å². The monoisotopic (exact) mass is 320 g/mol. The van der Waals surface area contributed by atoms with Crippen LogP contribution >= 0.6 is 12.2 Å². The number of nitrogens with one attached hydrogen (secondary N) is 1. The van der Waals surface area contributed by atoms with Crippen LogP contribution in [0.3, 0.4) is 0 Å². The molecule has 0 aliphatic carbocycles. The van der Waals surface area contributed by atoms with Crippen LogP contribution in [-0.2, 0) is 10.0 Å². The standard InChI is InChI=1S/C15H16N2O2S2/c1-11-6-5-9-13(10-11)21(18,19)17-14(15(16)20)12-7-3-2-4-8-12/h2-10,14,17H,1H3,(H2,16,20). The number of nitrogens with two attached hydrogens (primary N) is 1. The van der Waals surface area contributed by atoms with E-state index >= 15 is 0 Å². The summed E-state index contributed by atoms with van der Waals surface area (Å²) in [6.45, 7) is 1.83. The van der Waals surface area contributed by atoms with Crippen molar-refractivity contribution in [3.8, 4) is 0 Å². The average Bonchev–Trinajstić information content (AvgIpc) is 2.45. The molecule has 6 heteroatoms. The number of rotatable bonds is 5. The molecule has 0 saturated heterocycles. The maximum Gasteiger partial charge on any atom is 0.241 e. The van der Waals surface area contributed by atoms with Crippen molar-refractivity contribution >= 4 is 27.2 Å². The molecule has 0 fully saturated rings. The van der Waals surface area contributed by atoms with E-state index in [1.807, 2.05) is 31.2 Å². The van der Waals surface area contributed by atoms with Crippen LogP contribution in [0.2, 0.25) is 0 Å². The van der Waals surface area contributed by atoms with E-state index in [-0.39, 0.29) is 9.88 Å². The molecule has 0 amide bonds. The van der Waals surface area contributed by atoms with E-state index in [9.17, 15) is 8.42 Å². The zero-order valence-electron chi connectivity index (χ0n) is 11.5. The first-order valence-electron chi connectivity index (χ1n) is 6.33. The van der Waals surface area contributed by atoms with E-state index in [0.29, 0.717) is 5.56 Å². The fraction of sp³-hybridized carbons (Fsp3) is 0.133. The predicted octanol–water partition coefficient (Wildman–Crippen LogP) is 2.30. The Hall–Kier alpha value is -1.76. The number of thiocarbonyl (C=S) groups is 1. The minimum Gasteiger partial charge on any atom is -0.392 e. The van der Waals surface area contributed by atoms with E-state index in [1.54, 1.807) is 24.3 Å². The summed E-state index contributed by atoms with van der Waals surface area (Å²) >= 11 is 4.99. The second-order valence-electron chi connectivity index (χ2n) is 4.68. The van der Waals surface area contributed by atoms with Crippen LogP contribution in [0.5, 0.6) is 0 Å². The van der Waals surface area contributed by atoms with Gasteiger partial charge in [0.1, 0.15) is 0 Å². The molecule has 0 aliphatic rings. The fourth-order valence-electron chi connectivity index (χ4n) is 1.94. The Balaban J connectivity index is 2.35. The van der Waals surface area contributed by atoms with Gasteiger partial charge in [-0.2, -0.15) is 4.72 Å². The Morgan fingerprint density at radius 1 is 1.14 bits per heavy atom. The lowest BCUT2D eigenvalue weighted by Gasteiger charge is -2.18. The van der Waals surface area contributed by atoms with Crippen LogP contribution in [0.25, 0.3) is 0 Å². The summed E-state index contributed by atoms with van der Waals surface area (Å²) in [5.41, 5.74) is 7.26. The van der Waals surface area contributed by atoms with Crippen LogP contribution in [0.15, 0.2) is 59.5 Å². The van der Waals surface area contributed by atoms with Crippen molar-refractivity contribution in [3.63, 3.8) is 0 Å². The van der Waals surface area contributed by atoms with Crippen molar-refractivity contribution in [1.29, 1.82) is 0 Å². The predicted molar refractivity (Wildman–Crippen MR) is 87.5 cm³/mol. The summed E-state index contributed by atoms with van der Waals surface area (Å²) in [6, 6.07) is 15.0. The zero-order chi connectivity index (χ0) is 15.5. The van der Waals surface area contributed by atoms with E-state index in [4.69, 9.17) is 18.0 Å². The number of sulfonamides is 1. The molecule has 21 heavy (non-hydrogen) atoms. The van der Waals surface area contributed by atoms with Crippen molar-refractivity contribution in [1.82, 2.24) is 4.72 Å². The van der Waals surface area contributed by atoms with Gasteiger partial charge in [0.25, 0.3) is 0 Å². The molecular weight excluding hydrogens is 304 g/mol. The van der Waals surface area contributed by atoms with Gasteiger partial charge in [-0.05, 0) is 30.2 Å². The first kappa shape index (κ1) is 15.6. The second kappa shape index (κ2) is 6.34. The first-order chi connectivity index (χ1) is 9.90. The van der Waals surface area contributed by atoms with Gasteiger partial charge >= 0.3 is 0 Å². The second-order valence-corrected chi connectivity index (χ2v) is 6.87. The summed E-state index contributed by atoms with van der Waals surface area (Å²) in [4.78, 5) is 0.275. The van der Waals surface area contributed by atoms with Gasteiger partial charge in [0.05, 0.1) is 15.9 Å². The third-order valence-corrected chi connectivity index (χ3v) is 4.65. The van der Waals surface area contributed by atoms with Crippen molar-refractivity contribution in [2.75, 3.05) is 0 Å². The highest BCUT2D eigenvalue weighted by Crippen LogP contribution is 2.18. The normalized spacial score (nSPS) is 12.8. The molecule has 0 heterocycles. The first-order valence-corrected chi connectivity index (χ1v) is 8.22. The highest BCUT2D eigenvalue weighted by atomic mass is 32.2. The molecule has 110 valence electrons. The molecule has 4 nitrogen and oxygen atoms in total. The van der Waals surface area contributed by atoms with Gasteiger partial charge < -0.3 is 5.73 Å². The smallest absolute Gasteiger partial charge is 0.241 e. The molecule has 2 aromatic rings. The minimum absolute atomic E-state index is 0.0810. The third kappa shape index (κ3) is 3.87. The summed E-state index contributed by atoms with van der Waals surface area (Å²) in [5.74, 6) is 0. The molecular formula is C15H16N2O2S2. The maximum absolute atomic E-state index is 12.4. The van der Waals surface area contributed by atoms with Gasteiger partial charge in [-0.15, -0.1) is 0 Å². The molecule has 3 N–H and O–H groups in total. The topological polar surface area (TPSA) is 72.2 Å². The van der Waals surface area contributed by atoms with Crippen molar-refractivity contribution in [3.05, 3.63) is 65.7 Å². The number of hydrogen-bond donors (Lipinski definition) is 2. The number of aryl methyl sites for hydroxylation is 1. The van der Waals surface area contributed by atoms with Crippen molar-refractivity contribution in [2.24, 2.45) is 5.73 Å². The minimum atomic E-state index is -3.69. The summed E-state index contributed by atoms with van der Waals surface area (Å²) < 4.78 is 27.5. The summed E-state index contributed by atoms with van der Waals surface area (Å²) in [5, 5.41) is 0. The van der Waals surface area contributed by atoms with Gasteiger partial charge in [0.15, 0.2) is 0 Å². The quantitative estimate of drug-likeness (QED) is 0.829. The summed E-state index contributed by atoms with van der Waals surface area (Å²) in [6.07, 6.45) is 0. The Labute approximate surface area is 130 Å². The molecule has 0 aliphatic heterocycles. The van der Waals surface area contributed by atoms with Gasteiger partial charge in [-0.25, -0.2) is 8.42 Å². The SMILES string of the molecule is Cc1cccc(S(=O)(=O)NC(C(N)=S)c2ccccc2)c1. The molecule has 2 rings (SSSR count). The number of hydrogen-bond acceptors (Lipinski definition) is 3. The van der Waals surface area contributed by atoms with Crippen LogP contribution in [-0.4, -0.2) is 13.4 Å². The molecule has 0 bridgehead atoms. The molecule has 1 unspecified atom stereocenters. The molecule has 0 radical (unpaired) electrons. The van der Waals surface area contributed by atoms with Gasteiger partial charge in [-0.1, -0.05) is 54.7 Å². The Bertz CT molecular complexity index is 743. The fourth-order valence-corrected chi connectivity index (χ4v) is 3.52. The highest BCUT2D eigenvalue weighted by Gasteiger charge is 2.23. The average molecular weight is 320 g/mol. The molecule has 0 spiro atoms. The Kier molecular flexibility index (Phi) is 4.72. The Morgan fingerprint density at radius 3 is 2.38 bits per heavy atom. The van der Waals surface area contributed by atoms with Crippen LogP contribution in [0.4, 0.5) is 0 Å². The van der Waals surface area contributed by atoms with E-state index in [1.165, 1.54) is 6.07 Å². The molecule has 1 atom stereocenters. The molecule has 0 aromatic heterocycles.